The van der Waals surface area contributed by atoms with Gasteiger partial charge in [-0.2, -0.15) is 0 Å². The van der Waals surface area contributed by atoms with Crippen LogP contribution in [0.3, 0.4) is 0 Å². The Morgan fingerprint density at radius 2 is 1.81 bits per heavy atom. The van der Waals surface area contributed by atoms with Crippen LogP contribution in [0.4, 0.5) is 0 Å². The lowest BCUT2D eigenvalue weighted by atomic mass is 10.1. The van der Waals surface area contributed by atoms with E-state index in [2.05, 4.69) is 11.6 Å². The van der Waals surface area contributed by atoms with Crippen LogP contribution in [0.5, 0.6) is 5.75 Å². The number of hydrogen-bond donors (Lipinski definition) is 1. The number of para-hydroxylation sites is 1. The van der Waals surface area contributed by atoms with Gasteiger partial charge in [-0.3, -0.25) is 9.78 Å². The molecule has 1 aliphatic heterocycles. The number of aliphatic hydroxyl groups excluding tert-OH is 1. The number of allylic oxidation sites excluding steroid dienone is 4. The number of ether oxygens (including phenoxy) is 3. The monoisotopic (exact) mass is 483 g/mol. The third-order valence-corrected chi connectivity index (χ3v) is 5.75. The molecule has 4 rings (SSSR count). The molecule has 6 heteroatoms. The standard InChI is InChI=1S/C30H29NO5/c1-20(2)29-17-27(33)21(3)30(35-19-23-9-5-4-8-22(23)18-32)16-24(13-15-34-29)36-28-12-14-31-26-11-7-6-10-25(26)28/h4-14,16-17,20,32H,3,15,18-19H2,1-2H3/b24-13+,29-17-,30-16?. The molecule has 2 heterocycles. The predicted molar refractivity (Wildman–Crippen MR) is 139 cm³/mol. The Hall–Kier alpha value is -4.16. The van der Waals surface area contributed by atoms with Gasteiger partial charge in [0.1, 0.15) is 36.2 Å². The van der Waals surface area contributed by atoms with Crippen LogP contribution in [0.1, 0.15) is 25.0 Å². The summed E-state index contributed by atoms with van der Waals surface area (Å²) in [6, 6.07) is 16.9. The van der Waals surface area contributed by atoms with E-state index in [9.17, 15) is 9.90 Å². The first-order chi connectivity index (χ1) is 17.5. The van der Waals surface area contributed by atoms with Gasteiger partial charge in [-0.1, -0.05) is 56.8 Å². The summed E-state index contributed by atoms with van der Waals surface area (Å²) in [5.41, 5.74) is 2.54. The average molecular weight is 484 g/mol. The fourth-order valence-corrected chi connectivity index (χ4v) is 3.70. The number of carbonyl (C=O) groups is 1. The van der Waals surface area contributed by atoms with Gasteiger partial charge in [0.25, 0.3) is 0 Å². The quantitative estimate of drug-likeness (QED) is 0.429. The van der Waals surface area contributed by atoms with Gasteiger partial charge in [0.15, 0.2) is 5.78 Å². The molecular weight excluding hydrogens is 454 g/mol. The average Bonchev–Trinajstić information content (AvgIpc) is 2.89. The number of hydrogen-bond acceptors (Lipinski definition) is 6. The first-order valence-corrected chi connectivity index (χ1v) is 11.8. The van der Waals surface area contributed by atoms with E-state index in [1.807, 2.05) is 62.4 Å². The highest BCUT2D eigenvalue weighted by Crippen LogP contribution is 2.28. The summed E-state index contributed by atoms with van der Waals surface area (Å²) in [7, 11) is 0. The Morgan fingerprint density at radius 1 is 1.06 bits per heavy atom. The van der Waals surface area contributed by atoms with Crippen molar-refractivity contribution in [2.75, 3.05) is 6.61 Å². The van der Waals surface area contributed by atoms with Crippen molar-refractivity contribution in [3.63, 3.8) is 0 Å². The van der Waals surface area contributed by atoms with Crippen LogP contribution in [-0.4, -0.2) is 22.5 Å². The van der Waals surface area contributed by atoms with Crippen LogP contribution in [0.15, 0.2) is 108 Å². The van der Waals surface area contributed by atoms with Crippen molar-refractivity contribution in [1.82, 2.24) is 4.98 Å². The smallest absolute Gasteiger partial charge is 0.192 e. The lowest BCUT2D eigenvalue weighted by molar-refractivity contribution is -0.111. The summed E-state index contributed by atoms with van der Waals surface area (Å²) in [6.45, 7) is 8.16. The zero-order chi connectivity index (χ0) is 25.5. The van der Waals surface area contributed by atoms with E-state index in [4.69, 9.17) is 14.2 Å². The lowest BCUT2D eigenvalue weighted by Gasteiger charge is -2.18. The molecule has 6 nitrogen and oxygen atoms in total. The van der Waals surface area contributed by atoms with Crippen molar-refractivity contribution < 1.29 is 24.1 Å². The molecule has 0 unspecified atom stereocenters. The Morgan fingerprint density at radius 3 is 2.58 bits per heavy atom. The van der Waals surface area contributed by atoms with Gasteiger partial charge in [0.2, 0.25) is 0 Å². The number of aliphatic hydroxyl groups is 1. The number of fused-ring (bicyclic) bond motifs is 1. The fourth-order valence-electron chi connectivity index (χ4n) is 3.70. The van der Waals surface area contributed by atoms with E-state index >= 15 is 0 Å². The van der Waals surface area contributed by atoms with Gasteiger partial charge in [-0.15, -0.1) is 0 Å². The Bertz CT molecular complexity index is 1360. The van der Waals surface area contributed by atoms with E-state index < -0.39 is 0 Å². The summed E-state index contributed by atoms with van der Waals surface area (Å²) >= 11 is 0. The molecule has 2 aromatic carbocycles. The minimum absolute atomic E-state index is 0.00728. The molecule has 0 radical (unpaired) electrons. The van der Waals surface area contributed by atoms with Crippen LogP contribution in [-0.2, 0) is 27.5 Å². The van der Waals surface area contributed by atoms with Crippen molar-refractivity contribution in [1.29, 1.82) is 0 Å². The van der Waals surface area contributed by atoms with E-state index in [1.54, 1.807) is 24.4 Å². The first-order valence-electron chi connectivity index (χ1n) is 11.8. The van der Waals surface area contributed by atoms with Gasteiger partial charge in [-0.05, 0) is 35.4 Å². The van der Waals surface area contributed by atoms with Crippen LogP contribution >= 0.6 is 0 Å². The zero-order valence-electron chi connectivity index (χ0n) is 20.4. The number of pyridine rings is 1. The topological polar surface area (TPSA) is 77.9 Å². The summed E-state index contributed by atoms with van der Waals surface area (Å²) in [5, 5.41) is 10.5. The second-order valence-corrected chi connectivity index (χ2v) is 8.61. The minimum Gasteiger partial charge on any atom is -0.493 e. The van der Waals surface area contributed by atoms with E-state index in [-0.39, 0.29) is 42.9 Å². The molecule has 1 aliphatic rings. The molecule has 1 N–H and O–H groups in total. The second-order valence-electron chi connectivity index (χ2n) is 8.61. The number of carbonyl (C=O) groups excluding carboxylic acids is 1. The van der Waals surface area contributed by atoms with Crippen LogP contribution in [0.25, 0.3) is 10.9 Å². The number of aromatic nitrogens is 1. The van der Waals surface area contributed by atoms with Crippen molar-refractivity contribution in [2.45, 2.75) is 27.1 Å². The third-order valence-electron chi connectivity index (χ3n) is 5.75. The molecule has 36 heavy (non-hydrogen) atoms. The zero-order valence-corrected chi connectivity index (χ0v) is 20.4. The maximum absolute atomic E-state index is 13.0. The number of ketones is 1. The van der Waals surface area contributed by atoms with Crippen LogP contribution in [0.2, 0.25) is 0 Å². The largest absolute Gasteiger partial charge is 0.493 e. The van der Waals surface area contributed by atoms with Crippen molar-refractivity contribution in [2.24, 2.45) is 5.92 Å². The molecule has 0 saturated carbocycles. The Kier molecular flexibility index (Phi) is 7.98. The van der Waals surface area contributed by atoms with Gasteiger partial charge in [0, 0.05) is 29.7 Å². The minimum atomic E-state index is -0.309. The number of nitrogens with zero attached hydrogens (tertiary/aromatic N) is 1. The summed E-state index contributed by atoms with van der Waals surface area (Å²) in [5.74, 6) is 1.58. The highest BCUT2D eigenvalue weighted by atomic mass is 16.5. The SMILES string of the molecule is C=C1C(=O)/C=C(/C(C)C)OC/C=C(/Oc2ccnc3ccccc23)C=C1OCc1ccccc1CO. The number of benzene rings is 2. The summed E-state index contributed by atoms with van der Waals surface area (Å²) in [4.78, 5) is 17.4. The second kappa shape index (κ2) is 11.5. The molecule has 0 spiro atoms. The molecule has 0 amide bonds. The van der Waals surface area contributed by atoms with Crippen LogP contribution in [0, 0.1) is 5.92 Å². The van der Waals surface area contributed by atoms with Crippen LogP contribution < -0.4 is 4.74 Å². The molecule has 0 bridgehead atoms. The highest BCUT2D eigenvalue weighted by Gasteiger charge is 2.18. The van der Waals surface area contributed by atoms with Crippen molar-refractivity contribution in [3.05, 3.63) is 120 Å². The summed E-state index contributed by atoms with van der Waals surface area (Å²) in [6.07, 6.45) is 6.58. The Labute approximate surface area is 210 Å². The van der Waals surface area contributed by atoms with Gasteiger partial charge in [-0.25, -0.2) is 0 Å². The molecular formula is C30H29NO5. The van der Waals surface area contributed by atoms with Gasteiger partial charge >= 0.3 is 0 Å². The van der Waals surface area contributed by atoms with Gasteiger partial charge in [0.05, 0.1) is 17.7 Å². The maximum atomic E-state index is 13.0. The normalized spacial score (nSPS) is 17.5. The van der Waals surface area contributed by atoms with Crippen molar-refractivity contribution >= 4 is 16.7 Å². The van der Waals surface area contributed by atoms with Crippen molar-refractivity contribution in [3.8, 4) is 5.75 Å². The van der Waals surface area contributed by atoms with E-state index in [1.165, 1.54) is 6.08 Å². The maximum Gasteiger partial charge on any atom is 0.192 e. The Balaban J connectivity index is 1.72. The van der Waals surface area contributed by atoms with Gasteiger partial charge < -0.3 is 19.3 Å². The number of rotatable bonds is 7. The fraction of sp³-hybridized carbons (Fsp3) is 0.200. The molecule has 3 aromatic rings. The molecule has 0 aliphatic carbocycles. The molecule has 184 valence electrons. The summed E-state index contributed by atoms with van der Waals surface area (Å²) < 4.78 is 18.3. The molecule has 0 saturated heterocycles. The lowest BCUT2D eigenvalue weighted by Crippen LogP contribution is -2.12. The predicted octanol–water partition coefficient (Wildman–Crippen LogP) is 5.79. The molecule has 0 atom stereocenters. The van der Waals surface area contributed by atoms with E-state index in [0.717, 1.165) is 22.0 Å². The highest BCUT2D eigenvalue weighted by molar-refractivity contribution is 6.06. The molecule has 1 aromatic heterocycles. The molecule has 0 fully saturated rings. The van der Waals surface area contributed by atoms with E-state index in [0.29, 0.717) is 17.3 Å². The third kappa shape index (κ3) is 5.90. The first kappa shape index (κ1) is 24.9.